The number of pyridine rings is 1. The molecule has 1 N–H and O–H groups in total. The zero-order chi connectivity index (χ0) is 22.2. The molecule has 3 aromatic carbocycles. The molecule has 0 spiro atoms. The van der Waals surface area contributed by atoms with Crippen LogP contribution in [-0.4, -0.2) is 15.5 Å². The summed E-state index contributed by atoms with van der Waals surface area (Å²) in [5, 5.41) is 1.40. The van der Waals surface area contributed by atoms with E-state index in [2.05, 4.69) is 27.4 Å². The monoisotopic (exact) mass is 549 g/mol. The summed E-state index contributed by atoms with van der Waals surface area (Å²) in [6, 6.07) is 18.4. The third-order valence-corrected chi connectivity index (χ3v) is 7.30. The number of aromatic nitrogens is 1. The fourth-order valence-corrected chi connectivity index (χ4v) is 5.33. The van der Waals surface area contributed by atoms with E-state index in [1.165, 1.54) is 16.8 Å². The van der Waals surface area contributed by atoms with Gasteiger partial charge in [0.05, 0.1) is 26.5 Å². The molecule has 0 bridgehead atoms. The summed E-state index contributed by atoms with van der Waals surface area (Å²) in [6.45, 7) is 1.89. The quantitative estimate of drug-likeness (QED) is 0.288. The second-order valence-corrected chi connectivity index (χ2v) is 9.77. The van der Waals surface area contributed by atoms with Gasteiger partial charge in [0.15, 0.2) is 0 Å². The molecule has 0 aliphatic carbocycles. The van der Waals surface area contributed by atoms with Crippen molar-refractivity contribution >= 4 is 43.4 Å². The van der Waals surface area contributed by atoms with E-state index in [1.54, 1.807) is 55.8 Å². The van der Waals surface area contributed by atoms with Gasteiger partial charge in [-0.15, -0.1) is 0 Å². The molecular weight excluding hydrogens is 530 g/mol. The van der Waals surface area contributed by atoms with Gasteiger partial charge in [-0.05, 0) is 84.1 Å². The molecule has 0 saturated heterocycles. The average molecular weight is 549 g/mol. The fraction of sp³-hybridized carbons (Fsp3) is 0.0870. The number of fused-ring (bicyclic) bond motifs is 1. The van der Waals surface area contributed by atoms with Crippen molar-refractivity contribution < 1.29 is 22.2 Å². The van der Waals surface area contributed by atoms with E-state index in [1.807, 2.05) is 19.1 Å². The molecule has 4 rings (SSSR count). The van der Waals surface area contributed by atoms with Gasteiger partial charge in [-0.3, -0.25) is 0 Å². The van der Waals surface area contributed by atoms with Crippen molar-refractivity contribution in [3.8, 4) is 17.0 Å². The largest absolute Gasteiger partial charge is 0.497 e. The number of nitrogens with one attached hydrogen (secondary N) is 1. The van der Waals surface area contributed by atoms with Crippen molar-refractivity contribution in [1.29, 1.82) is 0 Å². The minimum Gasteiger partial charge on any atom is -0.497 e. The maximum absolute atomic E-state index is 13.9. The SMILES string of the molecule is COc1ccc(-c2c(I)c3ccc(F)cc3c[n+]2NS(=O)(=O)c2ccc(C)cc2)cc1. The molecule has 0 fully saturated rings. The number of hydrogen-bond acceptors (Lipinski definition) is 3. The van der Waals surface area contributed by atoms with E-state index < -0.39 is 15.8 Å². The smallest absolute Gasteiger partial charge is 0.306 e. The molecular formula is C23H19FIN2O3S+. The molecule has 0 amide bonds. The summed E-state index contributed by atoms with van der Waals surface area (Å²) in [6.07, 6.45) is 1.59. The maximum Gasteiger partial charge on any atom is 0.306 e. The van der Waals surface area contributed by atoms with Gasteiger partial charge in [-0.25, -0.2) is 4.39 Å². The van der Waals surface area contributed by atoms with Crippen LogP contribution in [0.1, 0.15) is 5.56 Å². The number of benzene rings is 3. The molecule has 158 valence electrons. The Bertz CT molecular complexity index is 1370. The lowest BCUT2D eigenvalue weighted by Gasteiger charge is -2.11. The van der Waals surface area contributed by atoms with E-state index >= 15 is 0 Å². The Morgan fingerprint density at radius 1 is 1.00 bits per heavy atom. The summed E-state index contributed by atoms with van der Waals surface area (Å²) in [7, 11) is -2.30. The first-order valence-electron chi connectivity index (χ1n) is 9.36. The van der Waals surface area contributed by atoms with E-state index in [0.29, 0.717) is 16.8 Å². The van der Waals surface area contributed by atoms with Crippen LogP contribution in [0.15, 0.2) is 77.8 Å². The van der Waals surface area contributed by atoms with Crippen molar-refractivity contribution in [1.82, 2.24) is 0 Å². The minimum absolute atomic E-state index is 0.139. The predicted molar refractivity (Wildman–Crippen MR) is 127 cm³/mol. The summed E-state index contributed by atoms with van der Waals surface area (Å²) in [4.78, 5) is 2.77. The van der Waals surface area contributed by atoms with Crippen molar-refractivity contribution in [3.05, 3.63) is 87.9 Å². The van der Waals surface area contributed by atoms with Crippen LogP contribution in [0.25, 0.3) is 22.0 Å². The van der Waals surface area contributed by atoms with Gasteiger partial charge in [0.2, 0.25) is 6.20 Å². The number of rotatable bonds is 5. The second-order valence-electron chi connectivity index (χ2n) is 7.03. The first kappa shape index (κ1) is 21.5. The first-order chi connectivity index (χ1) is 14.8. The van der Waals surface area contributed by atoms with Crippen LogP contribution in [0.3, 0.4) is 0 Å². The number of sulfonamides is 1. The molecule has 0 unspecified atom stereocenters. The molecule has 8 heteroatoms. The van der Waals surface area contributed by atoms with E-state index in [-0.39, 0.29) is 4.90 Å². The molecule has 4 aromatic rings. The van der Waals surface area contributed by atoms with Gasteiger partial charge in [-0.1, -0.05) is 27.2 Å². The van der Waals surface area contributed by atoms with Crippen LogP contribution < -0.4 is 14.2 Å². The lowest BCUT2D eigenvalue weighted by molar-refractivity contribution is -0.624. The summed E-state index contributed by atoms with van der Waals surface area (Å²) in [5.74, 6) is 0.293. The van der Waals surface area contributed by atoms with E-state index in [4.69, 9.17) is 4.74 Å². The average Bonchev–Trinajstić information content (AvgIpc) is 2.74. The van der Waals surface area contributed by atoms with Crippen LogP contribution in [0, 0.1) is 16.3 Å². The maximum atomic E-state index is 13.9. The van der Waals surface area contributed by atoms with Crippen molar-refractivity contribution in [2.75, 3.05) is 11.9 Å². The number of aryl methyl sites for hydroxylation is 1. The fourth-order valence-electron chi connectivity index (χ4n) is 3.26. The van der Waals surface area contributed by atoms with E-state index in [9.17, 15) is 12.8 Å². The highest BCUT2D eigenvalue weighted by Gasteiger charge is 2.27. The number of ether oxygens (including phenoxy) is 1. The zero-order valence-electron chi connectivity index (χ0n) is 16.8. The topological polar surface area (TPSA) is 59.3 Å². The molecule has 1 heterocycles. The Hall–Kier alpha value is -2.72. The summed E-state index contributed by atoms with van der Waals surface area (Å²) in [5.41, 5.74) is 2.38. The highest BCUT2D eigenvalue weighted by Crippen LogP contribution is 2.30. The minimum atomic E-state index is -3.88. The molecule has 0 radical (unpaired) electrons. The predicted octanol–water partition coefficient (Wildman–Crippen LogP) is 4.79. The van der Waals surface area contributed by atoms with Crippen LogP contribution in [0.5, 0.6) is 5.75 Å². The van der Waals surface area contributed by atoms with Crippen LogP contribution >= 0.6 is 22.6 Å². The first-order valence-corrected chi connectivity index (χ1v) is 11.9. The molecule has 31 heavy (non-hydrogen) atoms. The number of methoxy groups -OCH3 is 1. The molecule has 0 saturated carbocycles. The third-order valence-electron chi connectivity index (χ3n) is 4.88. The Morgan fingerprint density at radius 2 is 1.68 bits per heavy atom. The molecule has 0 aliphatic rings. The van der Waals surface area contributed by atoms with Gasteiger partial charge in [-0.2, -0.15) is 8.42 Å². The lowest BCUT2D eigenvalue weighted by Crippen LogP contribution is -2.50. The van der Waals surface area contributed by atoms with Crippen molar-refractivity contribution in [3.63, 3.8) is 0 Å². The molecule has 5 nitrogen and oxygen atoms in total. The van der Waals surface area contributed by atoms with Crippen molar-refractivity contribution in [2.45, 2.75) is 11.8 Å². The van der Waals surface area contributed by atoms with Crippen LogP contribution in [-0.2, 0) is 10.0 Å². The number of halogens is 2. The lowest BCUT2D eigenvalue weighted by atomic mass is 10.1. The Kier molecular flexibility index (Phi) is 5.85. The van der Waals surface area contributed by atoms with Gasteiger partial charge in [0.1, 0.15) is 11.6 Å². The van der Waals surface area contributed by atoms with Crippen LogP contribution in [0.2, 0.25) is 0 Å². The standard InChI is InChI=1S/C23H19FIN2O3S/c1-15-3-10-20(11-4-15)31(28,29)26-27-14-17-13-18(24)7-12-21(17)22(25)23(27)16-5-8-19(30-2)9-6-16/h3-14,26H,1-2H3/q+1. The van der Waals surface area contributed by atoms with E-state index in [0.717, 1.165) is 20.1 Å². The van der Waals surface area contributed by atoms with Gasteiger partial charge in [0, 0.05) is 5.39 Å². The number of hydrogen-bond donors (Lipinski definition) is 1. The van der Waals surface area contributed by atoms with Gasteiger partial charge < -0.3 is 4.74 Å². The Morgan fingerprint density at radius 3 is 2.32 bits per heavy atom. The van der Waals surface area contributed by atoms with Crippen LogP contribution in [0.4, 0.5) is 4.39 Å². The van der Waals surface area contributed by atoms with Gasteiger partial charge in [0.25, 0.3) is 5.69 Å². The molecule has 1 aromatic heterocycles. The summed E-state index contributed by atoms with van der Waals surface area (Å²) < 4.78 is 47.5. The third kappa shape index (κ3) is 4.35. The highest BCUT2D eigenvalue weighted by atomic mass is 127. The zero-order valence-corrected chi connectivity index (χ0v) is 19.7. The Labute approximate surface area is 193 Å². The highest BCUT2D eigenvalue weighted by molar-refractivity contribution is 14.1. The normalized spacial score (nSPS) is 11.5. The van der Waals surface area contributed by atoms with Gasteiger partial charge >= 0.3 is 10.0 Å². The summed E-state index contributed by atoms with van der Waals surface area (Å²) >= 11 is 2.16. The Balaban J connectivity index is 1.92. The molecule has 0 atom stereocenters. The van der Waals surface area contributed by atoms with Crippen molar-refractivity contribution in [2.24, 2.45) is 0 Å². The second kappa shape index (κ2) is 8.43. The number of nitrogens with zero attached hydrogens (tertiary/aromatic N) is 1. The molecule has 0 aliphatic heterocycles.